The quantitative estimate of drug-likeness (QED) is 0.118. The maximum absolute atomic E-state index is 12.3. The largest absolute Gasteiger partial charge is 0.457 e. The molecule has 0 amide bonds. The molecule has 0 radical (unpaired) electrons. The molecular formula is C31H44O3. The maximum Gasteiger partial charge on any atom is 0.306 e. The summed E-state index contributed by atoms with van der Waals surface area (Å²) in [5, 5.41) is 0. The van der Waals surface area contributed by atoms with Crippen molar-refractivity contribution >= 4 is 11.8 Å². The number of ether oxygens (including phenoxy) is 1. The fourth-order valence-electron chi connectivity index (χ4n) is 4.24. The van der Waals surface area contributed by atoms with E-state index >= 15 is 0 Å². The molecule has 0 heterocycles. The predicted octanol–water partition coefficient (Wildman–Crippen LogP) is 8.95. The highest BCUT2D eigenvalue weighted by atomic mass is 16.5. The van der Waals surface area contributed by atoms with Crippen molar-refractivity contribution < 1.29 is 14.3 Å². The lowest BCUT2D eigenvalue weighted by atomic mass is 10.0. The summed E-state index contributed by atoms with van der Waals surface area (Å²) in [5.74, 6) is -0.429. The monoisotopic (exact) mass is 464 g/mol. The van der Waals surface area contributed by atoms with Crippen molar-refractivity contribution in [1.82, 2.24) is 0 Å². The molecule has 0 aliphatic carbocycles. The molecule has 0 bridgehead atoms. The number of Topliss-reactive ketones (excluding diaryl/α,β-unsaturated/α-hetero) is 1. The predicted molar refractivity (Wildman–Crippen MR) is 142 cm³/mol. The lowest BCUT2D eigenvalue weighted by Gasteiger charge is -2.06. The summed E-state index contributed by atoms with van der Waals surface area (Å²) < 4.78 is 5.20. The van der Waals surface area contributed by atoms with Gasteiger partial charge in [-0.2, -0.15) is 0 Å². The van der Waals surface area contributed by atoms with Crippen LogP contribution >= 0.6 is 0 Å². The molecular weight excluding hydrogens is 420 g/mol. The van der Waals surface area contributed by atoms with Crippen LogP contribution in [0.4, 0.5) is 0 Å². The first kappa shape index (κ1) is 27.8. The van der Waals surface area contributed by atoms with Gasteiger partial charge in [0.1, 0.15) is 0 Å². The second kappa shape index (κ2) is 18.0. The molecule has 0 spiro atoms. The van der Waals surface area contributed by atoms with Crippen LogP contribution < -0.4 is 0 Å². The molecule has 0 aliphatic rings. The number of carbonyl (C=O) groups excluding carboxylic acids is 2. The molecule has 0 N–H and O–H groups in total. The fraction of sp³-hybridized carbons (Fsp3) is 0.548. The fourth-order valence-corrected chi connectivity index (χ4v) is 4.24. The number of rotatable bonds is 19. The third-order valence-electron chi connectivity index (χ3n) is 6.41. The van der Waals surface area contributed by atoms with Gasteiger partial charge >= 0.3 is 5.97 Å². The van der Waals surface area contributed by atoms with Gasteiger partial charge in [-0.25, -0.2) is 0 Å². The minimum absolute atomic E-state index is 0.158. The number of esters is 1. The van der Waals surface area contributed by atoms with Crippen molar-refractivity contribution in [2.75, 3.05) is 6.61 Å². The Labute approximate surface area is 207 Å². The van der Waals surface area contributed by atoms with Crippen LogP contribution in [0, 0.1) is 0 Å². The van der Waals surface area contributed by atoms with E-state index in [4.69, 9.17) is 4.74 Å². The second-order valence-corrected chi connectivity index (χ2v) is 9.37. The summed E-state index contributed by atoms with van der Waals surface area (Å²) in [7, 11) is 0. The Hall–Kier alpha value is -2.42. The third kappa shape index (κ3) is 12.2. The lowest BCUT2D eigenvalue weighted by Crippen LogP contribution is -2.13. The van der Waals surface area contributed by atoms with Crippen LogP contribution in [0.5, 0.6) is 0 Å². The van der Waals surface area contributed by atoms with Crippen LogP contribution in [0.1, 0.15) is 114 Å². The number of unbranched alkanes of at least 4 members (excludes halogenated alkanes) is 13. The Bertz CT molecular complexity index is 795. The minimum Gasteiger partial charge on any atom is -0.457 e. The SMILES string of the molecule is CCCCCCCCCCCCCCCCC(=O)OCC(=O)c1ccc(-c2ccccc2)cc1. The van der Waals surface area contributed by atoms with Gasteiger partial charge in [-0.15, -0.1) is 0 Å². The van der Waals surface area contributed by atoms with Crippen LogP contribution in [-0.2, 0) is 9.53 Å². The zero-order valence-electron chi connectivity index (χ0n) is 21.2. The average Bonchev–Trinajstić information content (AvgIpc) is 2.88. The first-order chi connectivity index (χ1) is 16.7. The molecule has 2 aromatic carbocycles. The van der Waals surface area contributed by atoms with E-state index in [2.05, 4.69) is 6.92 Å². The van der Waals surface area contributed by atoms with Crippen LogP contribution in [-0.4, -0.2) is 18.4 Å². The van der Waals surface area contributed by atoms with Crippen molar-refractivity contribution in [3.8, 4) is 11.1 Å². The van der Waals surface area contributed by atoms with E-state index in [1.54, 1.807) is 12.1 Å². The van der Waals surface area contributed by atoms with Gasteiger partial charge in [0.25, 0.3) is 0 Å². The van der Waals surface area contributed by atoms with Crippen molar-refractivity contribution in [3.05, 3.63) is 60.2 Å². The molecule has 2 rings (SSSR count). The van der Waals surface area contributed by atoms with Crippen molar-refractivity contribution in [1.29, 1.82) is 0 Å². The smallest absolute Gasteiger partial charge is 0.306 e. The van der Waals surface area contributed by atoms with Crippen LogP contribution in [0.3, 0.4) is 0 Å². The van der Waals surface area contributed by atoms with Gasteiger partial charge in [0.05, 0.1) is 0 Å². The number of ketones is 1. The van der Waals surface area contributed by atoms with E-state index in [0.717, 1.165) is 24.0 Å². The summed E-state index contributed by atoms with van der Waals surface area (Å²) in [4.78, 5) is 24.3. The third-order valence-corrected chi connectivity index (χ3v) is 6.41. The standard InChI is InChI=1S/C31H44O3/c1-2-3-4-5-6-7-8-9-10-11-12-13-14-18-21-31(33)34-26-30(32)29-24-22-28(23-25-29)27-19-16-15-17-20-27/h15-17,19-20,22-25H,2-14,18,21,26H2,1H3. The zero-order chi connectivity index (χ0) is 24.3. The molecule has 0 unspecified atom stereocenters. The highest BCUT2D eigenvalue weighted by Crippen LogP contribution is 2.19. The number of benzene rings is 2. The van der Waals surface area contributed by atoms with Gasteiger partial charge in [0.2, 0.25) is 0 Å². The van der Waals surface area contributed by atoms with Gasteiger partial charge in [-0.3, -0.25) is 9.59 Å². The van der Waals surface area contributed by atoms with Crippen molar-refractivity contribution in [2.24, 2.45) is 0 Å². The number of carbonyl (C=O) groups is 2. The summed E-state index contributed by atoms with van der Waals surface area (Å²) in [5.41, 5.74) is 2.75. The van der Waals surface area contributed by atoms with E-state index in [9.17, 15) is 9.59 Å². The van der Waals surface area contributed by atoms with E-state index in [-0.39, 0.29) is 18.4 Å². The molecule has 0 aromatic heterocycles. The lowest BCUT2D eigenvalue weighted by molar-refractivity contribution is -0.142. The van der Waals surface area contributed by atoms with Crippen LogP contribution in [0.15, 0.2) is 54.6 Å². The summed E-state index contributed by atoms with van der Waals surface area (Å²) in [6.07, 6.45) is 18.5. The zero-order valence-corrected chi connectivity index (χ0v) is 21.2. The Morgan fingerprint density at radius 1 is 0.588 bits per heavy atom. The molecule has 0 aliphatic heterocycles. The Kier molecular flexibility index (Phi) is 14.7. The summed E-state index contributed by atoms with van der Waals surface area (Å²) in [6.45, 7) is 2.09. The van der Waals surface area contributed by atoms with Gasteiger partial charge in [-0.1, -0.05) is 145 Å². The molecule has 0 saturated heterocycles. The van der Waals surface area contributed by atoms with Crippen molar-refractivity contribution in [3.63, 3.8) is 0 Å². The first-order valence-electron chi connectivity index (χ1n) is 13.5. The van der Waals surface area contributed by atoms with E-state index < -0.39 is 0 Å². The average molecular weight is 465 g/mol. The normalized spacial score (nSPS) is 10.9. The highest BCUT2D eigenvalue weighted by Gasteiger charge is 2.10. The number of hydrogen-bond acceptors (Lipinski definition) is 3. The number of hydrogen-bond donors (Lipinski definition) is 0. The van der Waals surface area contributed by atoms with Crippen LogP contribution in [0.2, 0.25) is 0 Å². The maximum atomic E-state index is 12.3. The van der Waals surface area contributed by atoms with Gasteiger partial charge in [0.15, 0.2) is 12.4 Å². The molecule has 0 fully saturated rings. The van der Waals surface area contributed by atoms with E-state index in [1.807, 2.05) is 42.5 Å². The first-order valence-corrected chi connectivity index (χ1v) is 13.5. The molecule has 3 nitrogen and oxygen atoms in total. The van der Waals surface area contributed by atoms with E-state index in [0.29, 0.717) is 12.0 Å². The summed E-state index contributed by atoms with van der Waals surface area (Å²) in [6, 6.07) is 17.5. The van der Waals surface area contributed by atoms with Gasteiger partial charge in [-0.05, 0) is 17.5 Å². The molecule has 3 heteroatoms. The topological polar surface area (TPSA) is 43.4 Å². The second-order valence-electron chi connectivity index (χ2n) is 9.37. The summed E-state index contributed by atoms with van der Waals surface area (Å²) >= 11 is 0. The molecule has 34 heavy (non-hydrogen) atoms. The Morgan fingerprint density at radius 3 is 1.59 bits per heavy atom. The Morgan fingerprint density at radius 2 is 1.06 bits per heavy atom. The van der Waals surface area contributed by atoms with Crippen molar-refractivity contribution in [2.45, 2.75) is 103 Å². The van der Waals surface area contributed by atoms with E-state index in [1.165, 1.54) is 77.0 Å². The highest BCUT2D eigenvalue weighted by molar-refractivity contribution is 5.98. The molecule has 0 atom stereocenters. The molecule has 2 aromatic rings. The Balaban J connectivity index is 1.45. The molecule has 186 valence electrons. The minimum atomic E-state index is -0.270. The molecule has 0 saturated carbocycles. The van der Waals surface area contributed by atoms with Gasteiger partial charge in [0, 0.05) is 12.0 Å². The van der Waals surface area contributed by atoms with Gasteiger partial charge < -0.3 is 4.74 Å². The van der Waals surface area contributed by atoms with Crippen LogP contribution in [0.25, 0.3) is 11.1 Å².